The van der Waals surface area contributed by atoms with E-state index in [1.54, 1.807) is 6.20 Å². The van der Waals surface area contributed by atoms with Gasteiger partial charge < -0.3 is 5.73 Å². The van der Waals surface area contributed by atoms with Gasteiger partial charge in [-0.1, -0.05) is 0 Å². The predicted molar refractivity (Wildman–Crippen MR) is 49.3 cm³/mol. The average molecular weight is 215 g/mol. The highest BCUT2D eigenvalue weighted by molar-refractivity contribution is 9.10. The van der Waals surface area contributed by atoms with Crippen molar-refractivity contribution >= 4 is 15.9 Å². The molecule has 60 valence electrons. The van der Waals surface area contributed by atoms with Crippen molar-refractivity contribution in [2.45, 2.75) is 19.4 Å². The zero-order valence-electron chi connectivity index (χ0n) is 6.42. The minimum atomic E-state index is 0.168. The number of pyridine rings is 1. The molecule has 2 N–H and O–H groups in total. The monoisotopic (exact) mass is 214 g/mol. The lowest BCUT2D eigenvalue weighted by molar-refractivity contribution is 0.719. The molecule has 1 heterocycles. The number of nitrogens with two attached hydrogens (primary N) is 1. The van der Waals surface area contributed by atoms with E-state index in [4.69, 9.17) is 5.73 Å². The quantitative estimate of drug-likeness (QED) is 0.815. The molecule has 0 aromatic carbocycles. The van der Waals surface area contributed by atoms with E-state index >= 15 is 0 Å². The lowest BCUT2D eigenvalue weighted by atomic mass is 10.2. The van der Waals surface area contributed by atoms with E-state index in [0.29, 0.717) is 0 Å². The maximum Gasteiger partial charge on any atom is 0.0560 e. The van der Waals surface area contributed by atoms with Gasteiger partial charge in [-0.15, -0.1) is 0 Å². The third kappa shape index (κ3) is 2.60. The van der Waals surface area contributed by atoms with Crippen LogP contribution in [0.25, 0.3) is 0 Å². The first-order valence-electron chi connectivity index (χ1n) is 3.55. The van der Waals surface area contributed by atoms with Crippen molar-refractivity contribution in [2.24, 2.45) is 5.73 Å². The Morgan fingerprint density at radius 1 is 1.73 bits per heavy atom. The van der Waals surface area contributed by atoms with Crippen LogP contribution in [0, 0.1) is 0 Å². The first-order chi connectivity index (χ1) is 5.20. The highest BCUT2D eigenvalue weighted by Gasteiger charge is 2.01. The minimum Gasteiger partial charge on any atom is -0.328 e. The van der Waals surface area contributed by atoms with Crippen molar-refractivity contribution < 1.29 is 0 Å². The Hall–Kier alpha value is -0.410. The van der Waals surface area contributed by atoms with Crippen molar-refractivity contribution in [3.05, 3.63) is 28.5 Å². The Balaban J connectivity index is 2.78. The van der Waals surface area contributed by atoms with Gasteiger partial charge in [0.1, 0.15) is 0 Å². The zero-order chi connectivity index (χ0) is 8.27. The summed E-state index contributed by atoms with van der Waals surface area (Å²) in [6.45, 7) is 1.97. The van der Waals surface area contributed by atoms with Crippen molar-refractivity contribution in [3.8, 4) is 0 Å². The Bertz CT molecular complexity index is 235. The second kappa shape index (κ2) is 3.83. The number of nitrogens with zero attached hydrogens (tertiary/aromatic N) is 1. The van der Waals surface area contributed by atoms with Gasteiger partial charge in [-0.25, -0.2) is 0 Å². The molecule has 0 saturated carbocycles. The molecule has 2 nitrogen and oxygen atoms in total. The molecule has 1 unspecified atom stereocenters. The summed E-state index contributed by atoms with van der Waals surface area (Å²) in [6.07, 6.45) is 2.60. The molecule has 0 fully saturated rings. The molecule has 1 aromatic heterocycles. The van der Waals surface area contributed by atoms with Crippen molar-refractivity contribution in [1.29, 1.82) is 0 Å². The van der Waals surface area contributed by atoms with E-state index in [2.05, 4.69) is 20.9 Å². The Labute approximate surface area is 75.0 Å². The average Bonchev–Trinajstić information content (AvgIpc) is 1.93. The highest BCUT2D eigenvalue weighted by Crippen LogP contribution is 2.13. The molecule has 11 heavy (non-hydrogen) atoms. The van der Waals surface area contributed by atoms with Crippen LogP contribution in [0.1, 0.15) is 12.6 Å². The molecule has 0 amide bonds. The van der Waals surface area contributed by atoms with E-state index in [9.17, 15) is 0 Å². The molecular formula is C8H11BrN2. The fourth-order valence-electron chi connectivity index (χ4n) is 0.874. The molecule has 1 atom stereocenters. The standard InChI is InChI=1S/C8H11BrN2/c1-6(10)5-8-7(9)3-2-4-11-8/h2-4,6H,5,10H2,1H3. The summed E-state index contributed by atoms with van der Waals surface area (Å²) in [5.41, 5.74) is 6.66. The van der Waals surface area contributed by atoms with Crippen LogP contribution in [-0.2, 0) is 6.42 Å². The lowest BCUT2D eigenvalue weighted by Crippen LogP contribution is -2.18. The Morgan fingerprint density at radius 3 is 3.00 bits per heavy atom. The third-order valence-corrected chi connectivity index (χ3v) is 2.07. The summed E-state index contributed by atoms with van der Waals surface area (Å²) in [5.74, 6) is 0. The van der Waals surface area contributed by atoms with Crippen LogP contribution in [0.15, 0.2) is 22.8 Å². The van der Waals surface area contributed by atoms with Crippen molar-refractivity contribution in [1.82, 2.24) is 4.98 Å². The Kier molecular flexibility index (Phi) is 3.02. The lowest BCUT2D eigenvalue weighted by Gasteiger charge is -2.04. The van der Waals surface area contributed by atoms with Gasteiger partial charge in [-0.3, -0.25) is 4.98 Å². The summed E-state index contributed by atoms with van der Waals surface area (Å²) in [7, 11) is 0. The van der Waals surface area contributed by atoms with Crippen LogP contribution in [0.4, 0.5) is 0 Å². The summed E-state index contributed by atoms with van der Waals surface area (Å²) in [5, 5.41) is 0. The molecule has 0 aliphatic carbocycles. The van der Waals surface area contributed by atoms with Gasteiger partial charge in [-0.2, -0.15) is 0 Å². The smallest absolute Gasteiger partial charge is 0.0560 e. The normalized spacial score (nSPS) is 13.0. The fourth-order valence-corrected chi connectivity index (χ4v) is 1.29. The van der Waals surface area contributed by atoms with Gasteiger partial charge in [0, 0.05) is 23.1 Å². The van der Waals surface area contributed by atoms with Gasteiger partial charge in [0.05, 0.1) is 5.69 Å². The Morgan fingerprint density at radius 2 is 2.45 bits per heavy atom. The largest absolute Gasteiger partial charge is 0.328 e. The molecule has 0 aliphatic rings. The van der Waals surface area contributed by atoms with E-state index in [-0.39, 0.29) is 6.04 Å². The fraction of sp³-hybridized carbons (Fsp3) is 0.375. The molecule has 0 saturated heterocycles. The van der Waals surface area contributed by atoms with Crippen molar-refractivity contribution in [3.63, 3.8) is 0 Å². The molecule has 0 bridgehead atoms. The van der Waals surface area contributed by atoms with Gasteiger partial charge in [0.2, 0.25) is 0 Å². The number of hydrogen-bond acceptors (Lipinski definition) is 2. The summed E-state index contributed by atoms with van der Waals surface area (Å²) < 4.78 is 1.04. The molecular weight excluding hydrogens is 204 g/mol. The van der Waals surface area contributed by atoms with Gasteiger partial charge >= 0.3 is 0 Å². The third-order valence-electron chi connectivity index (χ3n) is 1.35. The highest BCUT2D eigenvalue weighted by atomic mass is 79.9. The van der Waals surface area contributed by atoms with Crippen LogP contribution in [0.5, 0.6) is 0 Å². The molecule has 0 aliphatic heterocycles. The number of halogens is 1. The summed E-state index contributed by atoms with van der Waals surface area (Å²) in [6, 6.07) is 4.04. The van der Waals surface area contributed by atoms with E-state index in [1.807, 2.05) is 19.1 Å². The molecule has 3 heteroatoms. The van der Waals surface area contributed by atoms with Crippen LogP contribution >= 0.6 is 15.9 Å². The van der Waals surface area contributed by atoms with E-state index in [0.717, 1.165) is 16.6 Å². The number of rotatable bonds is 2. The first-order valence-corrected chi connectivity index (χ1v) is 4.34. The number of hydrogen-bond donors (Lipinski definition) is 1. The molecule has 1 rings (SSSR count). The molecule has 0 spiro atoms. The van der Waals surface area contributed by atoms with Crippen LogP contribution in [-0.4, -0.2) is 11.0 Å². The predicted octanol–water partition coefficient (Wildman–Crippen LogP) is 1.73. The number of aromatic nitrogens is 1. The SMILES string of the molecule is CC(N)Cc1ncccc1Br. The van der Waals surface area contributed by atoms with Gasteiger partial charge in [0.15, 0.2) is 0 Å². The summed E-state index contributed by atoms with van der Waals surface area (Å²) >= 11 is 3.41. The van der Waals surface area contributed by atoms with Crippen LogP contribution in [0.2, 0.25) is 0 Å². The second-order valence-electron chi connectivity index (χ2n) is 2.61. The van der Waals surface area contributed by atoms with Crippen LogP contribution < -0.4 is 5.73 Å². The van der Waals surface area contributed by atoms with Crippen LogP contribution in [0.3, 0.4) is 0 Å². The molecule has 1 aromatic rings. The van der Waals surface area contributed by atoms with E-state index < -0.39 is 0 Å². The minimum absolute atomic E-state index is 0.168. The van der Waals surface area contributed by atoms with E-state index in [1.165, 1.54) is 0 Å². The zero-order valence-corrected chi connectivity index (χ0v) is 8.01. The maximum absolute atomic E-state index is 5.63. The molecule has 0 radical (unpaired) electrons. The van der Waals surface area contributed by atoms with Gasteiger partial charge in [0.25, 0.3) is 0 Å². The second-order valence-corrected chi connectivity index (χ2v) is 3.47. The topological polar surface area (TPSA) is 38.9 Å². The van der Waals surface area contributed by atoms with Crippen molar-refractivity contribution in [2.75, 3.05) is 0 Å². The summed E-state index contributed by atoms with van der Waals surface area (Å²) in [4.78, 5) is 4.19. The first kappa shape index (κ1) is 8.68. The maximum atomic E-state index is 5.63. The van der Waals surface area contributed by atoms with Gasteiger partial charge in [-0.05, 0) is 35.0 Å².